The van der Waals surface area contributed by atoms with E-state index in [9.17, 15) is 9.59 Å². The minimum atomic E-state index is -0.425. The Kier molecular flexibility index (Phi) is 5.69. The molecule has 0 saturated heterocycles. The van der Waals surface area contributed by atoms with E-state index >= 15 is 0 Å². The van der Waals surface area contributed by atoms with Gasteiger partial charge in [0, 0.05) is 5.69 Å². The molecule has 3 aromatic rings. The van der Waals surface area contributed by atoms with Crippen molar-refractivity contribution in [2.24, 2.45) is 0 Å². The summed E-state index contributed by atoms with van der Waals surface area (Å²) in [5.74, 6) is -0.260. The van der Waals surface area contributed by atoms with Gasteiger partial charge in [0.05, 0.1) is 12.8 Å². The fourth-order valence-electron chi connectivity index (χ4n) is 2.76. The molecule has 0 fully saturated rings. The summed E-state index contributed by atoms with van der Waals surface area (Å²) in [5.41, 5.74) is 3.61. The second kappa shape index (κ2) is 8.35. The summed E-state index contributed by atoms with van der Waals surface area (Å²) in [6, 6.07) is 17.6. The smallest absolute Gasteiger partial charge is 0.274 e. The first-order valence-corrected chi connectivity index (χ1v) is 8.78. The molecule has 6 heteroatoms. The minimum absolute atomic E-state index is 0.138. The molecule has 0 aliphatic carbocycles. The van der Waals surface area contributed by atoms with Crippen LogP contribution in [0, 0.1) is 13.8 Å². The van der Waals surface area contributed by atoms with Gasteiger partial charge in [0.25, 0.3) is 11.8 Å². The van der Waals surface area contributed by atoms with E-state index in [2.05, 4.69) is 15.6 Å². The lowest BCUT2D eigenvalue weighted by Gasteiger charge is -2.11. The zero-order chi connectivity index (χ0) is 20.1. The summed E-state index contributed by atoms with van der Waals surface area (Å²) >= 11 is 0. The molecule has 142 valence electrons. The minimum Gasteiger partial charge on any atom is -0.495 e. The van der Waals surface area contributed by atoms with Gasteiger partial charge in [0.1, 0.15) is 17.1 Å². The number of benzene rings is 2. The number of methoxy groups -OCH3 is 1. The molecular weight excluding hydrogens is 354 g/mol. The van der Waals surface area contributed by atoms with Crippen molar-refractivity contribution < 1.29 is 14.3 Å². The third-order valence-corrected chi connectivity index (χ3v) is 4.20. The number of hydrogen-bond acceptors (Lipinski definition) is 4. The highest BCUT2D eigenvalue weighted by Gasteiger charge is 2.15. The summed E-state index contributed by atoms with van der Waals surface area (Å²) in [6.07, 6.45) is 0. The first-order chi connectivity index (χ1) is 13.5. The highest BCUT2D eigenvalue weighted by Crippen LogP contribution is 2.23. The lowest BCUT2D eigenvalue weighted by molar-refractivity contribution is 0.101. The normalized spacial score (nSPS) is 10.2. The number of amides is 2. The largest absolute Gasteiger partial charge is 0.495 e. The molecule has 1 aromatic heterocycles. The van der Waals surface area contributed by atoms with Gasteiger partial charge in [0.15, 0.2) is 0 Å². The van der Waals surface area contributed by atoms with Crippen molar-refractivity contribution in [3.63, 3.8) is 0 Å². The van der Waals surface area contributed by atoms with Crippen molar-refractivity contribution in [2.45, 2.75) is 13.8 Å². The fraction of sp³-hybridized carbons (Fsp3) is 0.136. The van der Waals surface area contributed by atoms with E-state index in [-0.39, 0.29) is 17.3 Å². The molecular formula is C22H21N3O3. The summed E-state index contributed by atoms with van der Waals surface area (Å²) in [6.45, 7) is 3.91. The zero-order valence-electron chi connectivity index (χ0n) is 15.9. The van der Waals surface area contributed by atoms with Crippen molar-refractivity contribution in [3.8, 4) is 5.75 Å². The Balaban J connectivity index is 1.77. The maximum atomic E-state index is 12.6. The van der Waals surface area contributed by atoms with E-state index < -0.39 is 5.91 Å². The van der Waals surface area contributed by atoms with Crippen LogP contribution in [-0.4, -0.2) is 23.9 Å². The number of nitrogens with zero attached hydrogens (tertiary/aromatic N) is 1. The number of ether oxygens (including phenoxy) is 1. The third-order valence-electron chi connectivity index (χ3n) is 4.20. The SMILES string of the molecule is COc1ccccc1NC(=O)c1cccc(C(=O)Nc2ccc(C)cc2C)n1. The third kappa shape index (κ3) is 4.35. The van der Waals surface area contributed by atoms with Crippen LogP contribution >= 0.6 is 0 Å². The average Bonchev–Trinajstić information content (AvgIpc) is 2.70. The second-order valence-electron chi connectivity index (χ2n) is 6.33. The van der Waals surface area contributed by atoms with Gasteiger partial charge in [-0.15, -0.1) is 0 Å². The topological polar surface area (TPSA) is 80.3 Å². The number of carbonyl (C=O) groups excluding carboxylic acids is 2. The number of carbonyl (C=O) groups is 2. The Morgan fingerprint density at radius 3 is 2.11 bits per heavy atom. The molecule has 1 heterocycles. The fourth-order valence-corrected chi connectivity index (χ4v) is 2.76. The van der Waals surface area contributed by atoms with Crippen LogP contribution in [0.3, 0.4) is 0 Å². The van der Waals surface area contributed by atoms with Crippen LogP contribution < -0.4 is 15.4 Å². The molecule has 3 rings (SSSR count). The number of pyridine rings is 1. The Labute approximate surface area is 163 Å². The van der Waals surface area contributed by atoms with Crippen LogP contribution in [0.25, 0.3) is 0 Å². The van der Waals surface area contributed by atoms with Gasteiger partial charge >= 0.3 is 0 Å². The van der Waals surface area contributed by atoms with E-state index in [1.54, 1.807) is 36.4 Å². The Hall–Kier alpha value is -3.67. The van der Waals surface area contributed by atoms with Crippen molar-refractivity contribution in [1.82, 2.24) is 4.98 Å². The lowest BCUT2D eigenvalue weighted by atomic mass is 10.1. The predicted octanol–water partition coefficient (Wildman–Crippen LogP) is 4.21. The van der Waals surface area contributed by atoms with Crippen LogP contribution in [0.5, 0.6) is 5.75 Å². The molecule has 0 unspecified atom stereocenters. The molecule has 0 spiro atoms. The maximum absolute atomic E-state index is 12.6. The Bertz CT molecular complexity index is 1030. The van der Waals surface area contributed by atoms with Gasteiger partial charge in [-0.1, -0.05) is 35.9 Å². The molecule has 0 bridgehead atoms. The van der Waals surface area contributed by atoms with E-state index in [4.69, 9.17) is 4.74 Å². The molecule has 0 aliphatic rings. The quantitative estimate of drug-likeness (QED) is 0.700. The van der Waals surface area contributed by atoms with Crippen molar-refractivity contribution in [1.29, 1.82) is 0 Å². The molecule has 28 heavy (non-hydrogen) atoms. The second-order valence-corrected chi connectivity index (χ2v) is 6.33. The van der Waals surface area contributed by atoms with Gasteiger partial charge in [-0.2, -0.15) is 0 Å². The summed E-state index contributed by atoms with van der Waals surface area (Å²) in [4.78, 5) is 29.3. The van der Waals surface area contributed by atoms with E-state index in [1.165, 1.54) is 7.11 Å². The molecule has 0 saturated carbocycles. The van der Waals surface area contributed by atoms with Crippen molar-refractivity contribution in [2.75, 3.05) is 17.7 Å². The number of para-hydroxylation sites is 2. The van der Waals surface area contributed by atoms with Crippen LogP contribution in [0.2, 0.25) is 0 Å². The molecule has 2 N–H and O–H groups in total. The number of hydrogen-bond donors (Lipinski definition) is 2. The van der Waals surface area contributed by atoms with Crippen LogP contribution in [0.15, 0.2) is 60.7 Å². The van der Waals surface area contributed by atoms with Gasteiger partial charge in [0.2, 0.25) is 0 Å². The molecule has 6 nitrogen and oxygen atoms in total. The van der Waals surface area contributed by atoms with Crippen LogP contribution in [0.4, 0.5) is 11.4 Å². The van der Waals surface area contributed by atoms with E-state index in [0.29, 0.717) is 17.1 Å². The van der Waals surface area contributed by atoms with Gasteiger partial charge in [-0.05, 0) is 49.7 Å². The summed E-state index contributed by atoms with van der Waals surface area (Å²) in [7, 11) is 1.53. The Morgan fingerprint density at radius 1 is 0.821 bits per heavy atom. The standard InChI is InChI=1S/C22H21N3O3/c1-14-11-12-16(15(2)13-14)24-21(26)18-8-6-9-19(23-18)22(27)25-17-7-4-5-10-20(17)28-3/h4-13H,1-3H3,(H,24,26)(H,25,27). The summed E-state index contributed by atoms with van der Waals surface area (Å²) < 4.78 is 5.23. The number of aryl methyl sites for hydroxylation is 2. The lowest BCUT2D eigenvalue weighted by Crippen LogP contribution is -2.19. The molecule has 2 aromatic carbocycles. The number of aromatic nitrogens is 1. The predicted molar refractivity (Wildman–Crippen MR) is 109 cm³/mol. The molecule has 0 atom stereocenters. The molecule has 0 radical (unpaired) electrons. The number of nitrogens with one attached hydrogen (secondary N) is 2. The number of rotatable bonds is 5. The van der Waals surface area contributed by atoms with Gasteiger partial charge < -0.3 is 15.4 Å². The van der Waals surface area contributed by atoms with Crippen LogP contribution in [0.1, 0.15) is 32.1 Å². The summed E-state index contributed by atoms with van der Waals surface area (Å²) in [5, 5.41) is 5.59. The highest BCUT2D eigenvalue weighted by molar-refractivity contribution is 6.06. The van der Waals surface area contributed by atoms with Crippen molar-refractivity contribution >= 4 is 23.2 Å². The highest BCUT2D eigenvalue weighted by atomic mass is 16.5. The average molecular weight is 375 g/mol. The van der Waals surface area contributed by atoms with E-state index in [0.717, 1.165) is 11.1 Å². The van der Waals surface area contributed by atoms with Gasteiger partial charge in [-0.3, -0.25) is 9.59 Å². The first kappa shape index (κ1) is 19.1. The number of anilines is 2. The Morgan fingerprint density at radius 2 is 1.46 bits per heavy atom. The first-order valence-electron chi connectivity index (χ1n) is 8.78. The maximum Gasteiger partial charge on any atom is 0.274 e. The molecule has 2 amide bonds. The molecule has 0 aliphatic heterocycles. The monoisotopic (exact) mass is 375 g/mol. The van der Waals surface area contributed by atoms with Gasteiger partial charge in [-0.25, -0.2) is 4.98 Å². The van der Waals surface area contributed by atoms with Crippen LogP contribution in [-0.2, 0) is 0 Å². The van der Waals surface area contributed by atoms with E-state index in [1.807, 2.05) is 38.1 Å². The zero-order valence-corrected chi connectivity index (χ0v) is 15.9. The van der Waals surface area contributed by atoms with Crippen molar-refractivity contribution in [3.05, 3.63) is 83.2 Å².